The van der Waals surface area contributed by atoms with E-state index >= 15 is 0 Å². The lowest BCUT2D eigenvalue weighted by molar-refractivity contribution is -0.139. The van der Waals surface area contributed by atoms with Crippen LogP contribution in [0.15, 0.2) is 23.6 Å². The molecule has 0 saturated heterocycles. The van der Waals surface area contributed by atoms with Crippen molar-refractivity contribution in [2.24, 2.45) is 5.92 Å². The Kier molecular flexibility index (Phi) is 3.74. The van der Waals surface area contributed by atoms with Crippen molar-refractivity contribution in [3.63, 3.8) is 0 Å². The summed E-state index contributed by atoms with van der Waals surface area (Å²) < 4.78 is 0. The molecule has 7 heteroatoms. The summed E-state index contributed by atoms with van der Waals surface area (Å²) in [6, 6.07) is 4.63. The molecule has 1 fully saturated rings. The molecule has 2 heterocycles. The third-order valence-corrected chi connectivity index (χ3v) is 4.37. The summed E-state index contributed by atoms with van der Waals surface area (Å²) in [7, 11) is 0. The van der Waals surface area contributed by atoms with E-state index in [4.69, 9.17) is 5.11 Å². The molecule has 0 bridgehead atoms. The zero-order valence-corrected chi connectivity index (χ0v) is 12.0. The van der Waals surface area contributed by atoms with Crippen molar-refractivity contribution in [2.45, 2.75) is 25.3 Å². The summed E-state index contributed by atoms with van der Waals surface area (Å²) in [5.41, 5.74) is 0.963. The number of nitrogens with zero attached hydrogens (tertiary/aromatic N) is 1. The van der Waals surface area contributed by atoms with Crippen molar-refractivity contribution >= 4 is 23.2 Å². The normalized spacial score (nSPS) is 15.6. The molecule has 110 valence electrons. The van der Waals surface area contributed by atoms with Gasteiger partial charge in [-0.15, -0.1) is 11.3 Å². The Morgan fingerprint density at radius 2 is 2.33 bits per heavy atom. The minimum absolute atomic E-state index is 0.209. The van der Waals surface area contributed by atoms with Crippen molar-refractivity contribution in [3.05, 3.63) is 29.3 Å². The van der Waals surface area contributed by atoms with E-state index in [0.29, 0.717) is 12.3 Å². The molecule has 0 radical (unpaired) electrons. The van der Waals surface area contributed by atoms with Crippen LogP contribution in [-0.2, 0) is 4.79 Å². The number of carbonyl (C=O) groups excluding carboxylic acids is 1. The van der Waals surface area contributed by atoms with Crippen molar-refractivity contribution in [1.82, 2.24) is 15.5 Å². The summed E-state index contributed by atoms with van der Waals surface area (Å²) in [6.45, 7) is 0. The van der Waals surface area contributed by atoms with Gasteiger partial charge in [-0.2, -0.15) is 5.10 Å². The summed E-state index contributed by atoms with van der Waals surface area (Å²) in [5, 5.41) is 20.4. The van der Waals surface area contributed by atoms with Crippen LogP contribution in [0.2, 0.25) is 0 Å². The number of amides is 1. The monoisotopic (exact) mass is 305 g/mol. The smallest absolute Gasteiger partial charge is 0.326 e. The molecule has 3 rings (SSSR count). The van der Waals surface area contributed by atoms with Crippen molar-refractivity contribution in [1.29, 1.82) is 0 Å². The highest BCUT2D eigenvalue weighted by Gasteiger charge is 2.30. The molecule has 1 aliphatic carbocycles. The number of nitrogens with one attached hydrogen (secondary N) is 2. The van der Waals surface area contributed by atoms with E-state index in [1.54, 1.807) is 6.07 Å². The van der Waals surface area contributed by atoms with E-state index in [1.807, 2.05) is 17.5 Å². The van der Waals surface area contributed by atoms with E-state index in [1.165, 1.54) is 11.3 Å². The van der Waals surface area contributed by atoms with Crippen molar-refractivity contribution < 1.29 is 14.7 Å². The number of carboxylic acids is 1. The van der Waals surface area contributed by atoms with Crippen molar-refractivity contribution in [3.8, 4) is 10.6 Å². The van der Waals surface area contributed by atoms with Crippen LogP contribution in [0, 0.1) is 5.92 Å². The van der Waals surface area contributed by atoms with Gasteiger partial charge in [-0.05, 0) is 29.9 Å². The van der Waals surface area contributed by atoms with E-state index < -0.39 is 17.9 Å². The molecule has 2 aromatic heterocycles. The Morgan fingerprint density at radius 3 is 2.95 bits per heavy atom. The molecule has 6 nitrogen and oxygen atoms in total. The average Bonchev–Trinajstić information content (AvgIpc) is 2.97. The number of aliphatic carboxylic acids is 1. The van der Waals surface area contributed by atoms with Crippen LogP contribution in [0.4, 0.5) is 0 Å². The predicted molar refractivity (Wildman–Crippen MR) is 78.1 cm³/mol. The van der Waals surface area contributed by atoms with Gasteiger partial charge in [-0.25, -0.2) is 4.79 Å². The summed E-state index contributed by atoms with van der Waals surface area (Å²) in [4.78, 5) is 24.3. The Hall–Kier alpha value is -2.15. The van der Waals surface area contributed by atoms with Gasteiger partial charge in [0.15, 0.2) is 5.69 Å². The van der Waals surface area contributed by atoms with E-state index in [9.17, 15) is 9.59 Å². The Bertz CT molecular complexity index is 646. The Labute approximate surface area is 125 Å². The SMILES string of the molecule is O=C(NC(CC1CC1)C(=O)O)c1cc(-c2cccs2)[nH]n1. The lowest BCUT2D eigenvalue weighted by Crippen LogP contribution is -2.41. The molecule has 1 amide bonds. The minimum atomic E-state index is -0.996. The number of aromatic nitrogens is 2. The summed E-state index contributed by atoms with van der Waals surface area (Å²) >= 11 is 1.54. The van der Waals surface area contributed by atoms with Gasteiger partial charge in [0.25, 0.3) is 5.91 Å². The molecule has 2 aromatic rings. The number of hydrogen-bond acceptors (Lipinski definition) is 4. The number of hydrogen-bond donors (Lipinski definition) is 3. The molecule has 1 atom stereocenters. The molecule has 1 saturated carbocycles. The maximum atomic E-state index is 12.1. The van der Waals surface area contributed by atoms with Crippen LogP contribution in [-0.4, -0.2) is 33.2 Å². The predicted octanol–water partition coefficient (Wildman–Crippen LogP) is 2.12. The van der Waals surface area contributed by atoms with Gasteiger partial charge in [0, 0.05) is 0 Å². The second-order valence-electron chi connectivity index (χ2n) is 5.19. The lowest BCUT2D eigenvalue weighted by Gasteiger charge is -2.12. The van der Waals surface area contributed by atoms with Gasteiger partial charge in [0.05, 0.1) is 10.6 Å². The maximum absolute atomic E-state index is 12.1. The highest BCUT2D eigenvalue weighted by atomic mass is 32.1. The van der Waals surface area contributed by atoms with Crippen LogP contribution in [0.3, 0.4) is 0 Å². The molecule has 0 spiro atoms. The first-order valence-electron chi connectivity index (χ1n) is 6.76. The minimum Gasteiger partial charge on any atom is -0.480 e. The fourth-order valence-electron chi connectivity index (χ4n) is 2.14. The third kappa shape index (κ3) is 3.30. The Morgan fingerprint density at radius 1 is 1.52 bits per heavy atom. The fraction of sp³-hybridized carbons (Fsp3) is 0.357. The largest absolute Gasteiger partial charge is 0.480 e. The molecule has 21 heavy (non-hydrogen) atoms. The van der Waals surface area contributed by atoms with E-state index in [0.717, 1.165) is 23.4 Å². The molecule has 1 aliphatic rings. The first-order valence-corrected chi connectivity index (χ1v) is 7.64. The first kappa shape index (κ1) is 13.8. The van der Waals surface area contributed by atoms with Crippen LogP contribution in [0.5, 0.6) is 0 Å². The van der Waals surface area contributed by atoms with Crippen LogP contribution < -0.4 is 5.32 Å². The molecule has 0 aromatic carbocycles. The lowest BCUT2D eigenvalue weighted by atomic mass is 10.1. The summed E-state index contributed by atoms with van der Waals surface area (Å²) in [5.74, 6) is -1.03. The van der Waals surface area contributed by atoms with Gasteiger partial charge in [0.2, 0.25) is 0 Å². The topological polar surface area (TPSA) is 95.1 Å². The summed E-state index contributed by atoms with van der Waals surface area (Å²) in [6.07, 6.45) is 2.58. The van der Waals surface area contributed by atoms with Gasteiger partial charge in [-0.3, -0.25) is 9.89 Å². The third-order valence-electron chi connectivity index (χ3n) is 3.47. The highest BCUT2D eigenvalue weighted by molar-refractivity contribution is 7.13. The number of aromatic amines is 1. The highest BCUT2D eigenvalue weighted by Crippen LogP contribution is 2.33. The van der Waals surface area contributed by atoms with Crippen LogP contribution >= 0.6 is 11.3 Å². The molecule has 1 unspecified atom stereocenters. The van der Waals surface area contributed by atoms with Crippen LogP contribution in [0.1, 0.15) is 29.8 Å². The molecule has 3 N–H and O–H groups in total. The molecule has 0 aliphatic heterocycles. The standard InChI is InChI=1S/C14H15N3O3S/c18-13(15-11(14(19)20)6-8-3-4-8)10-7-9(16-17-10)12-2-1-5-21-12/h1-2,5,7-8,11H,3-4,6H2,(H,15,18)(H,16,17)(H,19,20). The average molecular weight is 305 g/mol. The second kappa shape index (κ2) is 5.69. The fourth-order valence-corrected chi connectivity index (χ4v) is 2.83. The number of rotatable bonds is 6. The van der Waals surface area contributed by atoms with Crippen LogP contribution in [0.25, 0.3) is 10.6 Å². The Balaban J connectivity index is 1.68. The number of H-pyrrole nitrogens is 1. The number of carbonyl (C=O) groups is 2. The van der Waals surface area contributed by atoms with Gasteiger partial charge in [0.1, 0.15) is 6.04 Å². The molecular formula is C14H15N3O3S. The van der Waals surface area contributed by atoms with Gasteiger partial charge < -0.3 is 10.4 Å². The van der Waals surface area contributed by atoms with E-state index in [-0.39, 0.29) is 5.69 Å². The number of thiophene rings is 1. The van der Waals surface area contributed by atoms with Crippen molar-refractivity contribution in [2.75, 3.05) is 0 Å². The maximum Gasteiger partial charge on any atom is 0.326 e. The number of carboxylic acid groups (broad SMARTS) is 1. The molecular weight excluding hydrogens is 290 g/mol. The zero-order chi connectivity index (χ0) is 14.8. The first-order chi connectivity index (χ1) is 10.1. The quantitative estimate of drug-likeness (QED) is 0.762. The second-order valence-corrected chi connectivity index (χ2v) is 6.14. The van der Waals surface area contributed by atoms with Gasteiger partial charge >= 0.3 is 5.97 Å². The van der Waals surface area contributed by atoms with Gasteiger partial charge in [-0.1, -0.05) is 18.9 Å². The zero-order valence-electron chi connectivity index (χ0n) is 11.2. The van der Waals surface area contributed by atoms with E-state index in [2.05, 4.69) is 15.5 Å².